The zero-order valence-corrected chi connectivity index (χ0v) is 9.13. The Morgan fingerprint density at radius 3 is 2.71 bits per heavy atom. The lowest BCUT2D eigenvalue weighted by Crippen LogP contribution is -2.09. The van der Waals surface area contributed by atoms with Crippen LogP contribution in [0.3, 0.4) is 0 Å². The third kappa shape index (κ3) is 6.30. The molecule has 14 heavy (non-hydrogen) atoms. The average Bonchev–Trinajstić information content (AvgIpc) is 2.12. The second-order valence-electron chi connectivity index (χ2n) is 3.46. The van der Waals surface area contributed by atoms with E-state index in [2.05, 4.69) is 17.9 Å². The van der Waals surface area contributed by atoms with Gasteiger partial charge in [-0.15, -0.1) is 11.8 Å². The van der Waals surface area contributed by atoms with Crippen molar-refractivity contribution in [2.24, 2.45) is 5.92 Å². The normalized spacial score (nSPS) is 12.9. The van der Waals surface area contributed by atoms with E-state index in [-0.39, 0.29) is 5.92 Å². The lowest BCUT2D eigenvalue weighted by atomic mass is 10.0. The molecule has 0 radical (unpaired) electrons. The van der Waals surface area contributed by atoms with Crippen molar-refractivity contribution in [1.29, 1.82) is 0 Å². The van der Waals surface area contributed by atoms with E-state index < -0.39 is 5.97 Å². The van der Waals surface area contributed by atoms with Gasteiger partial charge in [-0.3, -0.25) is 4.79 Å². The highest BCUT2D eigenvalue weighted by atomic mass is 16.4. The Labute approximate surface area is 86.0 Å². The third-order valence-corrected chi connectivity index (χ3v) is 1.99. The molecule has 0 aromatic heterocycles. The molecule has 2 heteroatoms. The zero-order valence-electron chi connectivity index (χ0n) is 9.13. The maximum atomic E-state index is 10.6. The first-order chi connectivity index (χ1) is 6.57. The lowest BCUT2D eigenvalue weighted by molar-refractivity contribution is -0.141. The van der Waals surface area contributed by atoms with Crippen LogP contribution in [-0.4, -0.2) is 11.1 Å². The summed E-state index contributed by atoms with van der Waals surface area (Å²) in [7, 11) is 0. The number of rotatable bonds is 5. The van der Waals surface area contributed by atoms with Crippen LogP contribution in [0, 0.1) is 17.8 Å². The smallest absolute Gasteiger partial charge is 0.306 e. The molecule has 0 aliphatic heterocycles. The van der Waals surface area contributed by atoms with E-state index in [1.807, 2.05) is 13.8 Å². The number of carboxylic acids is 1. The lowest BCUT2D eigenvalue weighted by Gasteiger charge is -2.05. The molecule has 0 fully saturated rings. The van der Waals surface area contributed by atoms with Crippen LogP contribution < -0.4 is 0 Å². The molecule has 1 N–H and O–H groups in total. The minimum Gasteiger partial charge on any atom is -0.481 e. The van der Waals surface area contributed by atoms with Crippen molar-refractivity contribution in [2.75, 3.05) is 0 Å². The monoisotopic (exact) mass is 194 g/mol. The van der Waals surface area contributed by atoms with Gasteiger partial charge in [-0.05, 0) is 26.7 Å². The summed E-state index contributed by atoms with van der Waals surface area (Å²) in [5, 5.41) is 8.69. The molecule has 0 spiro atoms. The van der Waals surface area contributed by atoms with Crippen LogP contribution in [0.25, 0.3) is 0 Å². The van der Waals surface area contributed by atoms with Gasteiger partial charge in [-0.2, -0.15) is 0 Å². The molecule has 0 amide bonds. The van der Waals surface area contributed by atoms with Crippen LogP contribution in [0.5, 0.6) is 0 Å². The summed E-state index contributed by atoms with van der Waals surface area (Å²) in [6.07, 6.45) is 4.48. The first-order valence-corrected chi connectivity index (χ1v) is 4.86. The maximum Gasteiger partial charge on any atom is 0.306 e. The first kappa shape index (κ1) is 12.8. The van der Waals surface area contributed by atoms with Gasteiger partial charge in [0.1, 0.15) is 0 Å². The molecule has 2 nitrogen and oxygen atoms in total. The van der Waals surface area contributed by atoms with E-state index in [4.69, 9.17) is 5.11 Å². The summed E-state index contributed by atoms with van der Waals surface area (Å²) in [6, 6.07) is 0. The van der Waals surface area contributed by atoms with Gasteiger partial charge in [-0.25, -0.2) is 0 Å². The number of hydrogen-bond acceptors (Lipinski definition) is 1. The van der Waals surface area contributed by atoms with Gasteiger partial charge in [0.15, 0.2) is 0 Å². The molecule has 0 aliphatic carbocycles. The number of carboxylic acid groups (broad SMARTS) is 1. The third-order valence-electron chi connectivity index (χ3n) is 1.99. The van der Waals surface area contributed by atoms with Crippen molar-refractivity contribution in [3.05, 3.63) is 11.6 Å². The molecule has 0 saturated carbocycles. The summed E-state index contributed by atoms with van der Waals surface area (Å²) in [4.78, 5) is 10.6. The van der Waals surface area contributed by atoms with Gasteiger partial charge >= 0.3 is 5.97 Å². The van der Waals surface area contributed by atoms with Crippen LogP contribution in [0.2, 0.25) is 0 Å². The predicted octanol–water partition coefficient (Wildman–Crippen LogP) is 2.85. The fourth-order valence-corrected chi connectivity index (χ4v) is 1.17. The van der Waals surface area contributed by atoms with Crippen LogP contribution >= 0.6 is 0 Å². The van der Waals surface area contributed by atoms with Crippen LogP contribution in [0.1, 0.15) is 40.0 Å². The Hall–Kier alpha value is -1.23. The second kappa shape index (κ2) is 7.20. The van der Waals surface area contributed by atoms with Gasteiger partial charge < -0.3 is 5.11 Å². The standard InChI is InChI=1S/C12H18O2/c1-4-5-6-7-8-10(2)9-11(3)12(13)14/h8,11H,6-7,9H2,1-3H3,(H,13,14). The number of aliphatic carboxylic acids is 1. The molecule has 0 aliphatic rings. The van der Waals surface area contributed by atoms with Crippen molar-refractivity contribution < 1.29 is 9.90 Å². The summed E-state index contributed by atoms with van der Waals surface area (Å²) < 4.78 is 0. The summed E-state index contributed by atoms with van der Waals surface area (Å²) >= 11 is 0. The number of hydrogen-bond donors (Lipinski definition) is 1. The summed E-state index contributed by atoms with van der Waals surface area (Å²) in [5.41, 5.74) is 1.14. The minimum absolute atomic E-state index is 0.288. The predicted molar refractivity (Wildman–Crippen MR) is 57.9 cm³/mol. The van der Waals surface area contributed by atoms with Crippen molar-refractivity contribution in [3.63, 3.8) is 0 Å². The van der Waals surface area contributed by atoms with E-state index in [9.17, 15) is 4.79 Å². The van der Waals surface area contributed by atoms with E-state index in [1.54, 1.807) is 6.92 Å². The van der Waals surface area contributed by atoms with E-state index in [0.717, 1.165) is 18.4 Å². The SMILES string of the molecule is CC#CCCC=C(C)CC(C)C(=O)O. The molecule has 0 saturated heterocycles. The molecule has 1 atom stereocenters. The Bertz CT molecular complexity index is 266. The fourth-order valence-electron chi connectivity index (χ4n) is 1.17. The maximum absolute atomic E-state index is 10.6. The molecular formula is C12H18O2. The van der Waals surface area contributed by atoms with Crippen LogP contribution in [0.4, 0.5) is 0 Å². The van der Waals surface area contributed by atoms with Crippen molar-refractivity contribution in [1.82, 2.24) is 0 Å². The Kier molecular flexibility index (Phi) is 6.57. The quantitative estimate of drug-likeness (QED) is 0.415. The largest absolute Gasteiger partial charge is 0.481 e. The Morgan fingerprint density at radius 2 is 2.21 bits per heavy atom. The van der Waals surface area contributed by atoms with Crippen molar-refractivity contribution >= 4 is 5.97 Å². The van der Waals surface area contributed by atoms with E-state index in [0.29, 0.717) is 6.42 Å². The zero-order chi connectivity index (χ0) is 11.0. The van der Waals surface area contributed by atoms with Gasteiger partial charge in [0.05, 0.1) is 5.92 Å². The van der Waals surface area contributed by atoms with Crippen molar-refractivity contribution in [3.8, 4) is 11.8 Å². The highest BCUT2D eigenvalue weighted by molar-refractivity contribution is 5.69. The molecule has 0 rings (SSSR count). The van der Waals surface area contributed by atoms with Gasteiger partial charge in [0.2, 0.25) is 0 Å². The topological polar surface area (TPSA) is 37.3 Å². The highest BCUT2D eigenvalue weighted by Gasteiger charge is 2.10. The van der Waals surface area contributed by atoms with E-state index in [1.165, 1.54) is 0 Å². The number of allylic oxidation sites excluding steroid dienone is 2. The van der Waals surface area contributed by atoms with Gasteiger partial charge in [-0.1, -0.05) is 18.6 Å². The van der Waals surface area contributed by atoms with Crippen LogP contribution in [-0.2, 0) is 4.79 Å². The second-order valence-corrected chi connectivity index (χ2v) is 3.46. The first-order valence-electron chi connectivity index (χ1n) is 4.86. The number of carbonyl (C=O) groups is 1. The van der Waals surface area contributed by atoms with E-state index >= 15 is 0 Å². The Morgan fingerprint density at radius 1 is 1.57 bits per heavy atom. The van der Waals surface area contributed by atoms with Gasteiger partial charge in [0.25, 0.3) is 0 Å². The van der Waals surface area contributed by atoms with Crippen molar-refractivity contribution in [2.45, 2.75) is 40.0 Å². The molecule has 0 bridgehead atoms. The number of unbranched alkanes of at least 4 members (excludes halogenated alkanes) is 1. The van der Waals surface area contributed by atoms with Crippen LogP contribution in [0.15, 0.2) is 11.6 Å². The summed E-state index contributed by atoms with van der Waals surface area (Å²) in [6.45, 7) is 5.52. The fraction of sp³-hybridized carbons (Fsp3) is 0.583. The Balaban J connectivity index is 3.86. The molecule has 78 valence electrons. The minimum atomic E-state index is -0.730. The van der Waals surface area contributed by atoms with Gasteiger partial charge in [0, 0.05) is 6.42 Å². The molecule has 1 unspecified atom stereocenters. The molecule has 0 aromatic carbocycles. The molecular weight excluding hydrogens is 176 g/mol. The summed E-state index contributed by atoms with van der Waals surface area (Å²) in [5.74, 6) is 4.78. The molecule has 0 aromatic rings. The highest BCUT2D eigenvalue weighted by Crippen LogP contribution is 2.11. The average molecular weight is 194 g/mol. The molecule has 0 heterocycles.